The van der Waals surface area contributed by atoms with Crippen molar-refractivity contribution in [2.45, 2.75) is 12.5 Å². The summed E-state index contributed by atoms with van der Waals surface area (Å²) in [5, 5.41) is 4.01. The number of fused-ring (bicyclic) bond motifs is 2. The molecule has 1 aromatic heterocycles. The Bertz CT molecular complexity index is 1180. The monoisotopic (exact) mass is 485 g/mol. The summed E-state index contributed by atoms with van der Waals surface area (Å²) >= 11 is 5.92. The topological polar surface area (TPSA) is 62.8 Å². The van der Waals surface area contributed by atoms with Gasteiger partial charge in [0.05, 0.1) is 24.3 Å². The first kappa shape index (κ1) is 23.1. The lowest BCUT2D eigenvalue weighted by molar-refractivity contribution is 0.222. The maximum absolute atomic E-state index is 13.5. The predicted molar refractivity (Wildman–Crippen MR) is 132 cm³/mol. The molecule has 2 unspecified atom stereocenters. The molecule has 34 heavy (non-hydrogen) atoms. The van der Waals surface area contributed by atoms with Crippen LogP contribution in [0.1, 0.15) is 6.42 Å². The Morgan fingerprint density at radius 2 is 1.94 bits per heavy atom. The highest BCUT2D eigenvalue weighted by Crippen LogP contribution is 2.47. The molecule has 3 aromatic rings. The van der Waals surface area contributed by atoms with E-state index < -0.39 is 5.82 Å². The average Bonchev–Trinajstić information content (AvgIpc) is 3.34. The van der Waals surface area contributed by atoms with Crippen LogP contribution in [0.4, 0.5) is 15.9 Å². The maximum Gasteiger partial charge on any atom is 0.162 e. The molecule has 2 fully saturated rings. The zero-order valence-electron chi connectivity index (χ0n) is 19.6. The number of benzene rings is 2. The lowest BCUT2D eigenvalue weighted by Crippen LogP contribution is -2.31. The van der Waals surface area contributed by atoms with Gasteiger partial charge in [0.15, 0.2) is 11.5 Å². The van der Waals surface area contributed by atoms with Crippen LogP contribution in [-0.4, -0.2) is 73.3 Å². The van der Waals surface area contributed by atoms with E-state index >= 15 is 0 Å². The SMILES string of the molecule is COc1cc2ncnc(Nc3ccc(F)c(Cl)c3)c2cc1OCCCN1CC2C(N(C)C)[C@H]2C1. The molecule has 0 bridgehead atoms. The smallest absolute Gasteiger partial charge is 0.162 e. The summed E-state index contributed by atoms with van der Waals surface area (Å²) in [5.41, 5.74) is 1.34. The van der Waals surface area contributed by atoms with E-state index in [1.54, 1.807) is 13.2 Å². The molecule has 2 aromatic carbocycles. The van der Waals surface area contributed by atoms with E-state index in [4.69, 9.17) is 21.1 Å². The van der Waals surface area contributed by atoms with Crippen molar-refractivity contribution in [3.63, 3.8) is 0 Å². The largest absolute Gasteiger partial charge is 0.493 e. The molecule has 180 valence electrons. The van der Waals surface area contributed by atoms with E-state index in [1.807, 2.05) is 12.1 Å². The first-order chi connectivity index (χ1) is 16.4. The second-order valence-electron chi connectivity index (χ2n) is 9.24. The third-order valence-corrected chi connectivity index (χ3v) is 7.09. The van der Waals surface area contributed by atoms with Crippen LogP contribution in [0, 0.1) is 17.7 Å². The Morgan fingerprint density at radius 1 is 1.15 bits per heavy atom. The molecular weight excluding hydrogens is 457 g/mol. The number of hydrogen-bond acceptors (Lipinski definition) is 7. The summed E-state index contributed by atoms with van der Waals surface area (Å²) in [6, 6.07) is 8.94. The number of anilines is 2. The summed E-state index contributed by atoms with van der Waals surface area (Å²) in [6.45, 7) is 4.00. The molecule has 1 saturated carbocycles. The molecular formula is C25H29ClFN5O2. The van der Waals surface area contributed by atoms with Gasteiger partial charge in [-0.2, -0.15) is 0 Å². The van der Waals surface area contributed by atoms with Crippen LogP contribution in [0.15, 0.2) is 36.7 Å². The van der Waals surface area contributed by atoms with E-state index in [-0.39, 0.29) is 5.02 Å². The Balaban J connectivity index is 1.24. The standard InChI is InChI=1S/C25H29ClFN5O2/c1-31(2)24-17-12-32(13-18(17)24)7-4-8-34-23-10-16-21(11-22(23)33-3)28-14-29-25(16)30-15-5-6-20(27)19(26)9-15/h5-6,9-11,14,17-18,24H,4,7-8,12-13H2,1-3H3,(H,28,29,30)/t17-,18?,24?/m0/s1. The van der Waals surface area contributed by atoms with E-state index in [0.29, 0.717) is 35.1 Å². The lowest BCUT2D eigenvalue weighted by Gasteiger charge is -2.22. The van der Waals surface area contributed by atoms with Crippen LogP contribution < -0.4 is 14.8 Å². The van der Waals surface area contributed by atoms with Gasteiger partial charge in [-0.3, -0.25) is 0 Å². The Kier molecular flexibility index (Phi) is 6.46. The second-order valence-corrected chi connectivity index (χ2v) is 9.65. The molecule has 1 aliphatic carbocycles. The van der Waals surface area contributed by atoms with Crippen LogP contribution in [0.2, 0.25) is 5.02 Å². The normalized spacial score (nSPS) is 21.6. The van der Waals surface area contributed by atoms with Gasteiger partial charge in [0.2, 0.25) is 0 Å². The number of piperidine rings is 1. The van der Waals surface area contributed by atoms with Gasteiger partial charge in [0.25, 0.3) is 0 Å². The zero-order chi connectivity index (χ0) is 23.8. The minimum Gasteiger partial charge on any atom is -0.493 e. The van der Waals surface area contributed by atoms with Gasteiger partial charge in [-0.15, -0.1) is 0 Å². The molecule has 0 radical (unpaired) electrons. The number of nitrogens with one attached hydrogen (secondary N) is 1. The van der Waals surface area contributed by atoms with Gasteiger partial charge in [0, 0.05) is 42.8 Å². The van der Waals surface area contributed by atoms with Crippen molar-refractivity contribution in [3.05, 3.63) is 47.5 Å². The first-order valence-electron chi connectivity index (χ1n) is 11.5. The number of ether oxygens (including phenoxy) is 2. The van der Waals surface area contributed by atoms with Crippen molar-refractivity contribution in [3.8, 4) is 11.5 Å². The average molecular weight is 486 g/mol. The molecule has 5 rings (SSSR count). The highest BCUT2D eigenvalue weighted by atomic mass is 35.5. The van der Waals surface area contributed by atoms with Crippen LogP contribution in [0.3, 0.4) is 0 Å². The Morgan fingerprint density at radius 3 is 2.65 bits per heavy atom. The number of methoxy groups -OCH3 is 1. The van der Waals surface area contributed by atoms with Crippen LogP contribution in [-0.2, 0) is 0 Å². The van der Waals surface area contributed by atoms with Gasteiger partial charge in [-0.1, -0.05) is 11.6 Å². The first-order valence-corrected chi connectivity index (χ1v) is 11.9. The Hall–Kier alpha value is -2.68. The fourth-order valence-corrected chi connectivity index (χ4v) is 5.33. The van der Waals surface area contributed by atoms with Crippen molar-refractivity contribution < 1.29 is 13.9 Å². The number of aromatic nitrogens is 2. The fourth-order valence-electron chi connectivity index (χ4n) is 5.15. The van der Waals surface area contributed by atoms with Crippen molar-refractivity contribution in [1.29, 1.82) is 0 Å². The van der Waals surface area contributed by atoms with Crippen LogP contribution in [0.5, 0.6) is 11.5 Å². The van der Waals surface area contributed by atoms with Gasteiger partial charge < -0.3 is 24.6 Å². The van der Waals surface area contributed by atoms with Crippen LogP contribution in [0.25, 0.3) is 10.9 Å². The third-order valence-electron chi connectivity index (χ3n) is 6.80. The molecule has 7 nitrogen and oxygen atoms in total. The predicted octanol–water partition coefficient (Wildman–Crippen LogP) is 4.44. The van der Waals surface area contributed by atoms with Gasteiger partial charge in [-0.25, -0.2) is 14.4 Å². The minimum absolute atomic E-state index is 0.0431. The summed E-state index contributed by atoms with van der Waals surface area (Å²) in [5.74, 6) is 3.03. The summed E-state index contributed by atoms with van der Waals surface area (Å²) in [4.78, 5) is 13.6. The summed E-state index contributed by atoms with van der Waals surface area (Å²) in [7, 11) is 5.98. The van der Waals surface area contributed by atoms with E-state index in [2.05, 4.69) is 39.2 Å². The molecule has 2 heterocycles. The molecule has 1 saturated heterocycles. The molecule has 2 aliphatic rings. The maximum atomic E-state index is 13.5. The number of likely N-dealkylation sites (tertiary alicyclic amines) is 1. The number of hydrogen-bond donors (Lipinski definition) is 1. The molecule has 0 amide bonds. The molecule has 1 N–H and O–H groups in total. The molecule has 3 atom stereocenters. The zero-order valence-corrected chi connectivity index (χ0v) is 20.3. The van der Waals surface area contributed by atoms with Crippen LogP contribution >= 0.6 is 11.6 Å². The Labute approximate surface area is 203 Å². The van der Waals surface area contributed by atoms with E-state index in [0.717, 1.165) is 36.2 Å². The number of nitrogens with zero attached hydrogens (tertiary/aromatic N) is 4. The van der Waals surface area contributed by atoms with Crippen molar-refractivity contribution in [2.75, 3.05) is 52.8 Å². The molecule has 1 aliphatic heterocycles. The molecule has 0 spiro atoms. The summed E-state index contributed by atoms with van der Waals surface area (Å²) in [6.07, 6.45) is 2.41. The molecule has 9 heteroatoms. The quantitative estimate of drug-likeness (QED) is 0.450. The van der Waals surface area contributed by atoms with Crippen molar-refractivity contribution in [1.82, 2.24) is 19.8 Å². The van der Waals surface area contributed by atoms with Gasteiger partial charge in [0.1, 0.15) is 18.0 Å². The van der Waals surface area contributed by atoms with E-state index in [1.165, 1.54) is 31.5 Å². The van der Waals surface area contributed by atoms with Gasteiger partial charge >= 0.3 is 0 Å². The van der Waals surface area contributed by atoms with E-state index in [9.17, 15) is 4.39 Å². The minimum atomic E-state index is -0.469. The third kappa shape index (κ3) is 4.62. The van der Waals surface area contributed by atoms with Gasteiger partial charge in [-0.05, 0) is 56.6 Å². The highest BCUT2D eigenvalue weighted by molar-refractivity contribution is 6.31. The lowest BCUT2D eigenvalue weighted by atomic mass is 10.2. The van der Waals surface area contributed by atoms with Crippen molar-refractivity contribution in [2.24, 2.45) is 11.8 Å². The number of rotatable bonds is 9. The van der Waals surface area contributed by atoms with Crippen molar-refractivity contribution >= 4 is 34.0 Å². The number of halogens is 2. The second kappa shape index (κ2) is 9.52. The fraction of sp³-hybridized carbons (Fsp3) is 0.440. The highest BCUT2D eigenvalue weighted by Gasteiger charge is 2.56. The summed E-state index contributed by atoms with van der Waals surface area (Å²) < 4.78 is 25.2.